The van der Waals surface area contributed by atoms with Crippen LogP contribution in [0, 0.1) is 0 Å². The third kappa shape index (κ3) is 4.65. The van der Waals surface area contributed by atoms with Crippen LogP contribution in [0.25, 0.3) is 5.52 Å². The molecule has 0 radical (unpaired) electrons. The van der Waals surface area contributed by atoms with Gasteiger partial charge in [0.15, 0.2) is 12.3 Å². The van der Waals surface area contributed by atoms with Crippen LogP contribution in [0.1, 0.15) is 29.0 Å². The molecule has 136 valence electrons. The monoisotopic (exact) mass is 472 g/mol. The zero-order valence-corrected chi connectivity index (χ0v) is 15.9. The minimum absolute atomic E-state index is 0.101. The van der Waals surface area contributed by atoms with E-state index in [1.165, 1.54) is 12.3 Å². The van der Waals surface area contributed by atoms with Crippen molar-refractivity contribution in [3.8, 4) is 5.88 Å². The fourth-order valence-electron chi connectivity index (χ4n) is 2.29. The Morgan fingerprint density at radius 1 is 1.38 bits per heavy atom. The van der Waals surface area contributed by atoms with Crippen molar-refractivity contribution in [1.29, 1.82) is 0 Å². The Morgan fingerprint density at radius 2 is 2.19 bits per heavy atom. The molecule has 1 atom stereocenters. The molecule has 1 N–H and O–H groups in total. The van der Waals surface area contributed by atoms with Gasteiger partial charge in [0.25, 0.3) is 5.91 Å². The lowest BCUT2D eigenvalue weighted by molar-refractivity contribution is 0.0625. The smallest absolute Gasteiger partial charge is 0.329 e. The first kappa shape index (κ1) is 18.5. The average molecular weight is 472 g/mol. The van der Waals surface area contributed by atoms with Crippen LogP contribution in [0.2, 0.25) is 0 Å². The fraction of sp³-hybridized carbons (Fsp3) is 0.235. The summed E-state index contributed by atoms with van der Waals surface area (Å²) >= 11 is 1.00. The minimum atomic E-state index is -2.95. The second kappa shape index (κ2) is 7.52. The lowest BCUT2D eigenvalue weighted by Crippen LogP contribution is -2.27. The number of rotatable bonds is 6. The van der Waals surface area contributed by atoms with Gasteiger partial charge >= 0.3 is 3.93 Å². The van der Waals surface area contributed by atoms with E-state index in [0.717, 1.165) is 33.7 Å². The second-order valence-corrected chi connectivity index (χ2v) is 7.21. The quantitative estimate of drug-likeness (QED) is 0.440. The van der Waals surface area contributed by atoms with Gasteiger partial charge in [0, 0.05) is 41.1 Å². The van der Waals surface area contributed by atoms with E-state index < -0.39 is 10.5 Å². The maximum atomic E-state index is 12.8. The molecule has 3 aromatic heterocycles. The highest BCUT2D eigenvalue weighted by molar-refractivity contribution is 14.1. The molecule has 3 aromatic rings. The topological polar surface area (TPSA) is 68.5 Å². The first-order chi connectivity index (χ1) is 12.3. The molecule has 0 saturated heterocycles. The molecule has 0 saturated carbocycles. The van der Waals surface area contributed by atoms with Crippen LogP contribution in [0.3, 0.4) is 0 Å². The van der Waals surface area contributed by atoms with Crippen LogP contribution in [-0.2, 0) is 0 Å². The Morgan fingerprint density at radius 3 is 2.85 bits per heavy atom. The van der Waals surface area contributed by atoms with Crippen LogP contribution >= 0.6 is 22.6 Å². The van der Waals surface area contributed by atoms with Crippen molar-refractivity contribution < 1.29 is 18.3 Å². The lowest BCUT2D eigenvalue weighted by Gasteiger charge is -2.14. The Kier molecular flexibility index (Phi) is 5.35. The van der Waals surface area contributed by atoms with Crippen molar-refractivity contribution in [3.05, 3.63) is 60.0 Å². The predicted octanol–water partition coefficient (Wildman–Crippen LogP) is 3.63. The highest BCUT2D eigenvalue weighted by Crippen LogP contribution is 2.23. The SMILES string of the molecule is CC(NC(=O)c1cc2ccccn2n1)c1ccc(OCC(F)(F)I)nc1. The summed E-state index contributed by atoms with van der Waals surface area (Å²) in [5.41, 5.74) is 1.84. The average Bonchev–Trinajstić information content (AvgIpc) is 3.04. The van der Waals surface area contributed by atoms with E-state index in [1.807, 2.05) is 18.2 Å². The van der Waals surface area contributed by atoms with Crippen LogP contribution in [0.5, 0.6) is 5.88 Å². The molecule has 0 aliphatic carbocycles. The minimum Gasteiger partial charge on any atom is -0.470 e. The standard InChI is InChI=1S/C17H15F2IN4O2/c1-11(12-5-6-15(21-9-12)26-10-17(18,19)20)22-16(25)14-8-13-4-2-3-7-24(13)23-14/h2-9,11H,10H2,1H3,(H,22,25). The normalized spacial score (nSPS) is 12.8. The van der Waals surface area contributed by atoms with Gasteiger partial charge in [0.05, 0.1) is 11.6 Å². The second-order valence-electron chi connectivity index (χ2n) is 5.63. The van der Waals surface area contributed by atoms with Crippen LogP contribution in [-0.4, -0.2) is 31.0 Å². The summed E-state index contributed by atoms with van der Waals surface area (Å²) in [4.78, 5) is 16.3. The van der Waals surface area contributed by atoms with Crippen molar-refractivity contribution >= 4 is 34.0 Å². The van der Waals surface area contributed by atoms with Crippen LogP contribution in [0.15, 0.2) is 48.8 Å². The number of hydrogen-bond acceptors (Lipinski definition) is 4. The zero-order chi connectivity index (χ0) is 18.7. The van der Waals surface area contributed by atoms with Gasteiger partial charge in [-0.15, -0.1) is 0 Å². The highest BCUT2D eigenvalue weighted by Gasteiger charge is 2.25. The molecule has 26 heavy (non-hydrogen) atoms. The van der Waals surface area contributed by atoms with Crippen LogP contribution < -0.4 is 10.1 Å². The molecule has 1 amide bonds. The zero-order valence-electron chi connectivity index (χ0n) is 13.7. The largest absolute Gasteiger partial charge is 0.470 e. The number of aromatic nitrogens is 3. The van der Waals surface area contributed by atoms with E-state index in [4.69, 9.17) is 4.74 Å². The fourth-order valence-corrected chi connectivity index (χ4v) is 2.45. The third-order valence-corrected chi connectivity index (χ3v) is 3.90. The number of ether oxygens (including phenoxy) is 1. The number of fused-ring (bicyclic) bond motifs is 1. The number of amides is 1. The molecule has 3 heterocycles. The van der Waals surface area contributed by atoms with E-state index in [-0.39, 0.29) is 17.8 Å². The molecule has 0 bridgehead atoms. The number of nitrogens with one attached hydrogen (secondary N) is 1. The first-order valence-corrected chi connectivity index (χ1v) is 8.80. The number of hydrogen-bond donors (Lipinski definition) is 1. The molecule has 0 aromatic carbocycles. The number of nitrogens with zero attached hydrogens (tertiary/aromatic N) is 3. The number of halogens is 3. The Bertz CT molecular complexity index is 876. The highest BCUT2D eigenvalue weighted by atomic mass is 127. The Hall–Kier alpha value is -2.30. The van der Waals surface area contributed by atoms with Gasteiger partial charge in [-0.1, -0.05) is 12.1 Å². The van der Waals surface area contributed by atoms with E-state index in [2.05, 4.69) is 15.4 Å². The molecule has 1 unspecified atom stereocenters. The summed E-state index contributed by atoms with van der Waals surface area (Å²) in [6.45, 7) is 1.05. The van der Waals surface area contributed by atoms with Gasteiger partial charge in [-0.05, 0) is 30.7 Å². The summed E-state index contributed by atoms with van der Waals surface area (Å²) in [5, 5.41) is 7.05. The maximum Gasteiger partial charge on any atom is 0.329 e. The van der Waals surface area contributed by atoms with Gasteiger partial charge in [0.1, 0.15) is 0 Å². The van der Waals surface area contributed by atoms with E-state index in [1.54, 1.807) is 29.8 Å². The van der Waals surface area contributed by atoms with Crippen LogP contribution in [0.4, 0.5) is 8.78 Å². The third-order valence-electron chi connectivity index (χ3n) is 3.59. The van der Waals surface area contributed by atoms with Crippen molar-refractivity contribution in [2.45, 2.75) is 16.9 Å². The number of pyridine rings is 2. The summed E-state index contributed by atoms with van der Waals surface area (Å²) in [7, 11) is 0. The summed E-state index contributed by atoms with van der Waals surface area (Å²) in [6.07, 6.45) is 3.24. The van der Waals surface area contributed by atoms with Gasteiger partial charge < -0.3 is 10.1 Å². The molecule has 6 nitrogen and oxygen atoms in total. The summed E-state index contributed by atoms with van der Waals surface area (Å²) in [5.74, 6) is -0.213. The molecule has 0 aliphatic heterocycles. The van der Waals surface area contributed by atoms with Gasteiger partial charge in [-0.2, -0.15) is 13.9 Å². The van der Waals surface area contributed by atoms with E-state index in [9.17, 15) is 13.6 Å². The molecule has 3 rings (SSSR count). The number of alkyl halides is 3. The molecule has 0 aliphatic rings. The van der Waals surface area contributed by atoms with Crippen molar-refractivity contribution in [2.75, 3.05) is 6.61 Å². The summed E-state index contributed by atoms with van der Waals surface area (Å²) < 4.78 is 29.1. The molecule has 0 fully saturated rings. The molecular formula is C17H15F2IN4O2. The lowest BCUT2D eigenvalue weighted by atomic mass is 10.1. The van der Waals surface area contributed by atoms with Gasteiger partial charge in [0.2, 0.25) is 5.88 Å². The number of carbonyl (C=O) groups is 1. The maximum absolute atomic E-state index is 12.8. The molecular weight excluding hydrogens is 457 g/mol. The first-order valence-electron chi connectivity index (χ1n) is 7.72. The summed E-state index contributed by atoms with van der Waals surface area (Å²) in [6, 6.07) is 10.1. The predicted molar refractivity (Wildman–Crippen MR) is 99.8 cm³/mol. The van der Waals surface area contributed by atoms with Crippen molar-refractivity contribution in [1.82, 2.24) is 19.9 Å². The van der Waals surface area contributed by atoms with Gasteiger partial charge in [-0.3, -0.25) is 4.79 Å². The number of carbonyl (C=O) groups excluding carboxylic acids is 1. The Labute approximate surface area is 161 Å². The van der Waals surface area contributed by atoms with Crippen molar-refractivity contribution in [2.24, 2.45) is 0 Å². The molecule has 0 spiro atoms. The van der Waals surface area contributed by atoms with Crippen molar-refractivity contribution in [3.63, 3.8) is 0 Å². The molecule has 9 heteroatoms. The Balaban J connectivity index is 1.63. The van der Waals surface area contributed by atoms with E-state index in [0.29, 0.717) is 5.69 Å². The van der Waals surface area contributed by atoms with E-state index >= 15 is 0 Å². The van der Waals surface area contributed by atoms with Gasteiger partial charge in [-0.25, -0.2) is 9.50 Å².